The van der Waals surface area contributed by atoms with E-state index in [-0.39, 0.29) is 12.1 Å². The number of hydrogen-bond donors (Lipinski definition) is 1. The van der Waals surface area contributed by atoms with E-state index in [1.54, 1.807) is 11.3 Å². The smallest absolute Gasteiger partial charge is 0.322 e. The third kappa shape index (κ3) is 2.67. The normalized spacial score (nSPS) is 16.7. The molecule has 24 heavy (non-hydrogen) atoms. The summed E-state index contributed by atoms with van der Waals surface area (Å²) in [6.07, 6.45) is 2.20. The second-order valence-corrected chi connectivity index (χ2v) is 6.67. The molecular formula is C17H16N4O2S. The van der Waals surface area contributed by atoms with E-state index in [2.05, 4.69) is 33.9 Å². The molecule has 1 aliphatic heterocycles. The minimum atomic E-state index is -0.0953. The Bertz CT molecular complexity index is 859. The fraction of sp³-hybridized carbons (Fsp3) is 0.235. The van der Waals surface area contributed by atoms with Gasteiger partial charge in [0.15, 0.2) is 0 Å². The monoisotopic (exact) mass is 340 g/mol. The summed E-state index contributed by atoms with van der Waals surface area (Å²) in [6, 6.07) is 9.50. The molecule has 1 N–H and O–H groups in total. The number of aromatic nitrogens is 2. The SMILES string of the molecule is C[C@@H]1c2ccsc2CCN1C(=O)Nc1cccc(-c2nnco2)c1. The summed E-state index contributed by atoms with van der Waals surface area (Å²) in [5.41, 5.74) is 2.73. The summed E-state index contributed by atoms with van der Waals surface area (Å²) in [7, 11) is 0. The van der Waals surface area contributed by atoms with Gasteiger partial charge in [0.25, 0.3) is 0 Å². The third-order valence-electron chi connectivity index (χ3n) is 4.26. The average Bonchev–Trinajstić information content (AvgIpc) is 3.27. The molecule has 6 nitrogen and oxygen atoms in total. The average molecular weight is 340 g/mol. The molecule has 0 unspecified atom stereocenters. The molecule has 0 saturated heterocycles. The maximum atomic E-state index is 12.7. The van der Waals surface area contributed by atoms with Gasteiger partial charge in [-0.2, -0.15) is 0 Å². The number of amides is 2. The Hall–Kier alpha value is -2.67. The summed E-state index contributed by atoms with van der Waals surface area (Å²) in [5.74, 6) is 0.431. The molecule has 1 aliphatic rings. The van der Waals surface area contributed by atoms with E-state index in [9.17, 15) is 4.79 Å². The molecule has 2 amide bonds. The van der Waals surface area contributed by atoms with Gasteiger partial charge in [0.2, 0.25) is 12.3 Å². The summed E-state index contributed by atoms with van der Waals surface area (Å²) in [4.78, 5) is 15.9. The van der Waals surface area contributed by atoms with Gasteiger partial charge >= 0.3 is 6.03 Å². The van der Waals surface area contributed by atoms with Gasteiger partial charge in [-0.3, -0.25) is 0 Å². The first kappa shape index (κ1) is 14.9. The molecule has 0 spiro atoms. The number of anilines is 1. The van der Waals surface area contributed by atoms with E-state index >= 15 is 0 Å². The van der Waals surface area contributed by atoms with Crippen molar-refractivity contribution in [2.75, 3.05) is 11.9 Å². The molecule has 1 atom stereocenters. The van der Waals surface area contributed by atoms with Crippen LogP contribution < -0.4 is 5.32 Å². The van der Waals surface area contributed by atoms with Crippen LogP contribution in [0, 0.1) is 0 Å². The minimum Gasteiger partial charge on any atom is -0.423 e. The number of carbonyl (C=O) groups excluding carboxylic acids is 1. The molecule has 4 rings (SSSR count). The van der Waals surface area contributed by atoms with Crippen molar-refractivity contribution >= 4 is 23.1 Å². The molecule has 0 bridgehead atoms. The Balaban J connectivity index is 1.52. The predicted molar refractivity (Wildman–Crippen MR) is 91.9 cm³/mol. The summed E-state index contributed by atoms with van der Waals surface area (Å²) < 4.78 is 5.20. The molecule has 2 aromatic heterocycles. The van der Waals surface area contributed by atoms with Crippen LogP contribution in [0.2, 0.25) is 0 Å². The number of benzene rings is 1. The van der Waals surface area contributed by atoms with E-state index < -0.39 is 0 Å². The van der Waals surface area contributed by atoms with Gasteiger partial charge in [0.05, 0.1) is 6.04 Å². The zero-order valence-corrected chi connectivity index (χ0v) is 13.9. The summed E-state index contributed by atoms with van der Waals surface area (Å²) >= 11 is 1.77. The Morgan fingerprint density at radius 1 is 1.42 bits per heavy atom. The number of thiophene rings is 1. The second kappa shape index (κ2) is 6.09. The Morgan fingerprint density at radius 3 is 3.17 bits per heavy atom. The van der Waals surface area contributed by atoms with E-state index in [4.69, 9.17) is 4.42 Å². The van der Waals surface area contributed by atoms with Crippen LogP contribution in [0.15, 0.2) is 46.5 Å². The van der Waals surface area contributed by atoms with Crippen molar-refractivity contribution in [2.24, 2.45) is 0 Å². The highest BCUT2D eigenvalue weighted by Gasteiger charge is 2.28. The zero-order chi connectivity index (χ0) is 16.5. The van der Waals surface area contributed by atoms with E-state index in [1.165, 1.54) is 16.8 Å². The first-order valence-corrected chi connectivity index (χ1v) is 8.61. The molecule has 0 radical (unpaired) electrons. The highest BCUT2D eigenvalue weighted by Crippen LogP contribution is 2.33. The minimum absolute atomic E-state index is 0.0825. The number of hydrogen-bond acceptors (Lipinski definition) is 5. The fourth-order valence-corrected chi connectivity index (χ4v) is 3.97. The van der Waals surface area contributed by atoms with Crippen LogP contribution in [0.1, 0.15) is 23.4 Å². The van der Waals surface area contributed by atoms with Gasteiger partial charge in [-0.15, -0.1) is 21.5 Å². The molecular weight excluding hydrogens is 324 g/mol. The lowest BCUT2D eigenvalue weighted by molar-refractivity contribution is 0.189. The van der Waals surface area contributed by atoms with Crippen molar-refractivity contribution < 1.29 is 9.21 Å². The third-order valence-corrected chi connectivity index (χ3v) is 5.26. The quantitative estimate of drug-likeness (QED) is 0.767. The van der Waals surface area contributed by atoms with Gasteiger partial charge in [0.1, 0.15) is 0 Å². The topological polar surface area (TPSA) is 71.3 Å². The fourth-order valence-electron chi connectivity index (χ4n) is 3.01. The number of rotatable bonds is 2. The van der Waals surface area contributed by atoms with Gasteiger partial charge in [-0.1, -0.05) is 6.07 Å². The highest BCUT2D eigenvalue weighted by molar-refractivity contribution is 7.10. The van der Waals surface area contributed by atoms with Crippen LogP contribution in [-0.4, -0.2) is 27.7 Å². The van der Waals surface area contributed by atoms with Crippen LogP contribution in [0.3, 0.4) is 0 Å². The molecule has 3 heterocycles. The van der Waals surface area contributed by atoms with Crippen LogP contribution in [0.4, 0.5) is 10.5 Å². The van der Waals surface area contributed by atoms with Crippen molar-refractivity contribution in [2.45, 2.75) is 19.4 Å². The van der Waals surface area contributed by atoms with Crippen molar-refractivity contribution in [1.29, 1.82) is 0 Å². The van der Waals surface area contributed by atoms with Gasteiger partial charge in [0, 0.05) is 22.7 Å². The zero-order valence-electron chi connectivity index (χ0n) is 13.1. The Kier molecular flexibility index (Phi) is 3.78. The summed E-state index contributed by atoms with van der Waals surface area (Å²) in [6.45, 7) is 2.79. The van der Waals surface area contributed by atoms with Gasteiger partial charge in [-0.05, 0) is 48.6 Å². The standard InChI is InChI=1S/C17H16N4O2S/c1-11-14-6-8-24-15(14)5-7-21(11)17(22)19-13-4-2-3-12(9-13)16-20-18-10-23-16/h2-4,6,8-11H,5,7H2,1H3,(H,19,22)/t11-/m1/s1. The highest BCUT2D eigenvalue weighted by atomic mass is 32.1. The maximum Gasteiger partial charge on any atom is 0.322 e. The molecule has 0 fully saturated rings. The van der Waals surface area contributed by atoms with Crippen molar-refractivity contribution in [3.8, 4) is 11.5 Å². The molecule has 0 aliphatic carbocycles. The number of urea groups is 1. The Labute approximate surface area is 143 Å². The first-order valence-electron chi connectivity index (χ1n) is 7.73. The van der Waals surface area contributed by atoms with Gasteiger partial charge < -0.3 is 14.6 Å². The lowest BCUT2D eigenvalue weighted by Gasteiger charge is -2.33. The number of nitrogens with one attached hydrogen (secondary N) is 1. The molecule has 0 saturated carbocycles. The van der Waals surface area contributed by atoms with Gasteiger partial charge in [-0.25, -0.2) is 4.79 Å². The largest absolute Gasteiger partial charge is 0.423 e. The summed E-state index contributed by atoms with van der Waals surface area (Å²) in [5, 5.41) is 12.6. The second-order valence-electron chi connectivity index (χ2n) is 5.67. The lowest BCUT2D eigenvalue weighted by atomic mass is 10.0. The number of fused-ring (bicyclic) bond motifs is 1. The van der Waals surface area contributed by atoms with Crippen molar-refractivity contribution in [3.63, 3.8) is 0 Å². The Morgan fingerprint density at radius 2 is 2.33 bits per heavy atom. The lowest BCUT2D eigenvalue weighted by Crippen LogP contribution is -2.40. The maximum absolute atomic E-state index is 12.7. The van der Waals surface area contributed by atoms with E-state index in [0.29, 0.717) is 11.6 Å². The first-order chi connectivity index (χ1) is 11.7. The van der Waals surface area contributed by atoms with Crippen LogP contribution >= 0.6 is 11.3 Å². The van der Waals surface area contributed by atoms with Crippen LogP contribution in [0.25, 0.3) is 11.5 Å². The number of nitrogens with zero attached hydrogens (tertiary/aromatic N) is 3. The number of carbonyl (C=O) groups is 1. The molecule has 7 heteroatoms. The van der Waals surface area contributed by atoms with Crippen LogP contribution in [-0.2, 0) is 6.42 Å². The molecule has 3 aromatic rings. The van der Waals surface area contributed by atoms with Crippen LogP contribution in [0.5, 0.6) is 0 Å². The molecule has 1 aromatic carbocycles. The predicted octanol–water partition coefficient (Wildman–Crippen LogP) is 3.95. The van der Waals surface area contributed by atoms with E-state index in [0.717, 1.165) is 18.5 Å². The van der Waals surface area contributed by atoms with E-state index in [1.807, 2.05) is 29.2 Å². The van der Waals surface area contributed by atoms with Crippen molar-refractivity contribution in [1.82, 2.24) is 15.1 Å². The molecule has 122 valence electrons. The van der Waals surface area contributed by atoms with Crippen molar-refractivity contribution in [3.05, 3.63) is 52.5 Å².